The molecule has 104 valence electrons. The molecule has 0 unspecified atom stereocenters. The lowest BCUT2D eigenvalue weighted by atomic mass is 9.53. The summed E-state index contributed by atoms with van der Waals surface area (Å²) in [5.74, 6) is 9.79. The Hall–Kier alpha value is -1.26. The van der Waals surface area contributed by atoms with Gasteiger partial charge in [0.2, 0.25) is 0 Å². The van der Waals surface area contributed by atoms with E-state index in [2.05, 4.69) is 41.4 Å². The van der Waals surface area contributed by atoms with Crippen LogP contribution in [0.15, 0.2) is 30.3 Å². The van der Waals surface area contributed by atoms with Gasteiger partial charge in [-0.15, -0.1) is 0 Å². The van der Waals surface area contributed by atoms with Gasteiger partial charge in [-0.2, -0.15) is 0 Å². The molecule has 0 heterocycles. The van der Waals surface area contributed by atoms with Gasteiger partial charge in [-0.1, -0.05) is 24.1 Å². The Labute approximate surface area is 122 Å². The van der Waals surface area contributed by atoms with E-state index in [1.165, 1.54) is 38.5 Å². The van der Waals surface area contributed by atoms with Crippen molar-refractivity contribution in [3.8, 4) is 11.8 Å². The molecule has 1 aromatic carbocycles. The molecular formula is C19H24N+. The van der Waals surface area contributed by atoms with Crippen molar-refractivity contribution in [3.63, 3.8) is 0 Å². The van der Waals surface area contributed by atoms with E-state index in [4.69, 9.17) is 0 Å². The van der Waals surface area contributed by atoms with Crippen LogP contribution in [0.5, 0.6) is 0 Å². The average molecular weight is 266 g/mol. The van der Waals surface area contributed by atoms with Gasteiger partial charge in [0.25, 0.3) is 0 Å². The van der Waals surface area contributed by atoms with E-state index in [1.807, 2.05) is 6.07 Å². The van der Waals surface area contributed by atoms with Crippen molar-refractivity contribution < 1.29 is 5.32 Å². The zero-order valence-electron chi connectivity index (χ0n) is 12.1. The summed E-state index contributed by atoms with van der Waals surface area (Å²) in [4.78, 5) is 0. The van der Waals surface area contributed by atoms with Gasteiger partial charge in [-0.3, -0.25) is 0 Å². The Morgan fingerprint density at radius 2 is 1.55 bits per heavy atom. The first-order valence-electron chi connectivity index (χ1n) is 8.20. The summed E-state index contributed by atoms with van der Waals surface area (Å²) in [6.45, 7) is 0.973. The molecule has 0 atom stereocenters. The topological polar surface area (TPSA) is 16.6 Å². The van der Waals surface area contributed by atoms with E-state index in [9.17, 15) is 0 Å². The van der Waals surface area contributed by atoms with E-state index in [0.717, 1.165) is 29.9 Å². The highest BCUT2D eigenvalue weighted by molar-refractivity contribution is 5.33. The van der Waals surface area contributed by atoms with Crippen LogP contribution >= 0.6 is 0 Å². The predicted molar refractivity (Wildman–Crippen MR) is 81.0 cm³/mol. The summed E-state index contributed by atoms with van der Waals surface area (Å²) in [7, 11) is 0. The molecule has 0 spiro atoms. The highest BCUT2D eigenvalue weighted by Gasteiger charge is 2.53. The van der Waals surface area contributed by atoms with Gasteiger partial charge in [-0.25, -0.2) is 0 Å². The molecule has 0 radical (unpaired) electrons. The molecule has 0 aromatic heterocycles. The van der Waals surface area contributed by atoms with Crippen molar-refractivity contribution >= 4 is 0 Å². The molecule has 20 heavy (non-hydrogen) atoms. The normalized spacial score (nSPS) is 37.5. The van der Waals surface area contributed by atoms with Gasteiger partial charge in [0, 0.05) is 24.8 Å². The van der Waals surface area contributed by atoms with Gasteiger partial charge >= 0.3 is 0 Å². The second kappa shape index (κ2) is 4.93. The van der Waals surface area contributed by atoms with Crippen LogP contribution in [0.1, 0.15) is 44.1 Å². The van der Waals surface area contributed by atoms with Crippen LogP contribution in [0.4, 0.5) is 0 Å². The maximum absolute atomic E-state index is 3.37. The minimum Gasteiger partial charge on any atom is -0.331 e. The molecule has 0 aliphatic heterocycles. The first kappa shape index (κ1) is 12.5. The molecule has 5 rings (SSSR count). The van der Waals surface area contributed by atoms with Crippen LogP contribution in [0, 0.1) is 29.6 Å². The Kier molecular flexibility index (Phi) is 3.08. The monoisotopic (exact) mass is 266 g/mol. The summed E-state index contributed by atoms with van der Waals surface area (Å²) >= 11 is 0. The molecule has 4 saturated carbocycles. The van der Waals surface area contributed by atoms with Gasteiger partial charge < -0.3 is 5.32 Å². The predicted octanol–water partition coefficient (Wildman–Crippen LogP) is 2.57. The summed E-state index contributed by atoms with van der Waals surface area (Å²) < 4.78 is 0. The van der Waals surface area contributed by atoms with E-state index in [-0.39, 0.29) is 0 Å². The Morgan fingerprint density at radius 1 is 0.950 bits per heavy atom. The fourth-order valence-electron chi connectivity index (χ4n) is 5.37. The van der Waals surface area contributed by atoms with Crippen molar-refractivity contribution in [1.82, 2.24) is 0 Å². The van der Waals surface area contributed by atoms with Gasteiger partial charge in [-0.05, 0) is 55.1 Å². The van der Waals surface area contributed by atoms with Crippen LogP contribution in [0.2, 0.25) is 0 Å². The Bertz CT molecular complexity index is 499. The summed E-state index contributed by atoms with van der Waals surface area (Å²) in [6.07, 6.45) is 8.98. The van der Waals surface area contributed by atoms with E-state index in [0.29, 0.717) is 5.54 Å². The van der Waals surface area contributed by atoms with E-state index < -0.39 is 0 Å². The highest BCUT2D eigenvalue weighted by Crippen LogP contribution is 2.54. The van der Waals surface area contributed by atoms with Crippen molar-refractivity contribution in [2.45, 2.75) is 44.1 Å². The molecule has 0 saturated heterocycles. The van der Waals surface area contributed by atoms with Crippen molar-refractivity contribution in [2.75, 3.05) is 6.54 Å². The SMILES string of the molecule is C(#Cc1ccccc1)C[NH2+]C12CC3CC(CC(C3)C1)C2. The van der Waals surface area contributed by atoms with Gasteiger partial charge in [0.1, 0.15) is 6.54 Å². The Morgan fingerprint density at radius 3 is 2.15 bits per heavy atom. The summed E-state index contributed by atoms with van der Waals surface area (Å²) in [6, 6.07) is 10.4. The van der Waals surface area contributed by atoms with Gasteiger partial charge in [0.05, 0.1) is 5.54 Å². The summed E-state index contributed by atoms with van der Waals surface area (Å²) in [5.41, 5.74) is 1.71. The first-order chi connectivity index (χ1) is 9.81. The zero-order chi connectivity index (χ0) is 13.4. The maximum atomic E-state index is 3.37. The summed E-state index contributed by atoms with van der Waals surface area (Å²) in [5, 5.41) is 2.59. The number of quaternary nitrogens is 1. The molecular weight excluding hydrogens is 242 g/mol. The molecule has 1 heteroatoms. The van der Waals surface area contributed by atoms with Crippen LogP contribution in [-0.4, -0.2) is 12.1 Å². The smallest absolute Gasteiger partial charge is 0.138 e. The fourth-order valence-corrected chi connectivity index (χ4v) is 5.37. The third-order valence-corrected chi connectivity index (χ3v) is 5.73. The second-order valence-electron chi connectivity index (χ2n) is 7.36. The lowest BCUT2D eigenvalue weighted by molar-refractivity contribution is -0.730. The molecule has 1 nitrogen and oxygen atoms in total. The molecule has 0 amide bonds. The average Bonchev–Trinajstić information content (AvgIpc) is 2.43. The number of hydrogen-bond donors (Lipinski definition) is 1. The molecule has 4 aliphatic rings. The largest absolute Gasteiger partial charge is 0.331 e. The maximum Gasteiger partial charge on any atom is 0.138 e. The quantitative estimate of drug-likeness (QED) is 0.792. The number of hydrogen-bond acceptors (Lipinski definition) is 0. The lowest BCUT2D eigenvalue weighted by Gasteiger charge is -2.54. The van der Waals surface area contributed by atoms with E-state index >= 15 is 0 Å². The molecule has 2 N–H and O–H groups in total. The van der Waals surface area contributed by atoms with Crippen LogP contribution in [0.25, 0.3) is 0 Å². The third kappa shape index (κ3) is 2.38. The number of rotatable bonds is 2. The van der Waals surface area contributed by atoms with Gasteiger partial charge in [0.15, 0.2) is 0 Å². The minimum absolute atomic E-state index is 0.570. The van der Waals surface area contributed by atoms with Crippen LogP contribution in [-0.2, 0) is 0 Å². The number of benzene rings is 1. The molecule has 4 fully saturated rings. The van der Waals surface area contributed by atoms with Crippen LogP contribution < -0.4 is 5.32 Å². The third-order valence-electron chi connectivity index (χ3n) is 5.73. The molecule has 1 aromatic rings. The van der Waals surface area contributed by atoms with Crippen LogP contribution in [0.3, 0.4) is 0 Å². The lowest BCUT2D eigenvalue weighted by Crippen LogP contribution is -2.98. The van der Waals surface area contributed by atoms with E-state index in [1.54, 1.807) is 0 Å². The van der Waals surface area contributed by atoms with Crippen molar-refractivity contribution in [3.05, 3.63) is 35.9 Å². The minimum atomic E-state index is 0.570. The highest BCUT2D eigenvalue weighted by atomic mass is 15.0. The fraction of sp³-hybridized carbons (Fsp3) is 0.579. The zero-order valence-corrected chi connectivity index (χ0v) is 12.1. The molecule has 4 aliphatic carbocycles. The number of nitrogens with two attached hydrogens (primary N) is 1. The van der Waals surface area contributed by atoms with Crippen molar-refractivity contribution in [2.24, 2.45) is 17.8 Å². The Balaban J connectivity index is 1.39. The molecule has 4 bridgehead atoms. The van der Waals surface area contributed by atoms with Crippen molar-refractivity contribution in [1.29, 1.82) is 0 Å². The second-order valence-corrected chi connectivity index (χ2v) is 7.36. The standard InChI is InChI=1S/C19H23N/c1-2-5-15(6-3-1)7-4-8-20-19-12-16-9-17(13-19)11-18(10-16)14-19/h1-3,5-6,16-18,20H,8-14H2/p+1. The first-order valence-corrected chi connectivity index (χ1v) is 8.20.